The van der Waals surface area contributed by atoms with Gasteiger partial charge in [0.2, 0.25) is 0 Å². The van der Waals surface area contributed by atoms with Crippen LogP contribution in [0.15, 0.2) is 0 Å². The molecule has 140 valence electrons. The molecule has 1 unspecified atom stereocenters. The number of halogens is 8. The van der Waals surface area contributed by atoms with Crippen LogP contribution in [0.1, 0.15) is 44.9 Å². The van der Waals surface area contributed by atoms with Crippen molar-refractivity contribution in [1.29, 1.82) is 0 Å². The van der Waals surface area contributed by atoms with Crippen LogP contribution in [0.3, 0.4) is 0 Å². The summed E-state index contributed by atoms with van der Waals surface area (Å²) in [6.07, 6.45) is -10.4. The molecule has 24 heavy (non-hydrogen) atoms. The second-order valence-corrected chi connectivity index (χ2v) is 6.40. The van der Waals surface area contributed by atoms with E-state index in [2.05, 4.69) is 0 Å². The quantitative estimate of drug-likeness (QED) is 0.233. The Morgan fingerprint density at radius 1 is 0.833 bits per heavy atom. The first-order valence-electron chi connectivity index (χ1n) is 6.55. The number of alkyl halides is 8. The predicted octanol–water partition coefficient (Wildman–Crippen LogP) is 1.39. The minimum atomic E-state index is -6.74. The molecule has 0 rings (SSSR count). The molecule has 0 aliphatic heterocycles. The maximum Gasteiger partial charge on any atom is 1.00 e. The van der Waals surface area contributed by atoms with E-state index >= 15 is 0 Å². The average molecular weight is 418 g/mol. The molecule has 13 heteroatoms. The number of hydrogen-bond acceptors (Lipinski definition) is 3. The zero-order valence-electron chi connectivity index (χ0n) is 12.7. The Bertz CT molecular complexity index is 466. The van der Waals surface area contributed by atoms with Gasteiger partial charge in [-0.2, -0.15) is 30.7 Å². The predicted molar refractivity (Wildman–Crippen MR) is 62.9 cm³/mol. The van der Waals surface area contributed by atoms with Gasteiger partial charge in [0.1, 0.15) is 0 Å². The Hall–Kier alpha value is 0.986. The van der Waals surface area contributed by atoms with E-state index in [0.717, 1.165) is 0 Å². The van der Waals surface area contributed by atoms with Gasteiger partial charge in [0.15, 0.2) is 16.3 Å². The first-order valence-corrected chi connectivity index (χ1v) is 7.95. The Balaban J connectivity index is 0. The van der Waals surface area contributed by atoms with Gasteiger partial charge in [-0.15, -0.1) is 0 Å². The van der Waals surface area contributed by atoms with Crippen LogP contribution in [-0.4, -0.2) is 36.5 Å². The Kier molecular flexibility index (Phi) is 11.7. The second kappa shape index (κ2) is 10.4. The van der Waals surface area contributed by atoms with Crippen molar-refractivity contribution in [2.75, 3.05) is 0 Å². The topological polar surface area (TPSA) is 57.2 Å². The van der Waals surface area contributed by atoms with Crippen LogP contribution in [0.25, 0.3) is 0 Å². The van der Waals surface area contributed by atoms with E-state index in [1.54, 1.807) is 0 Å². The van der Waals surface area contributed by atoms with E-state index in [4.69, 9.17) is 0 Å². The molecule has 0 radical (unpaired) electrons. The van der Waals surface area contributed by atoms with Crippen molar-refractivity contribution < 1.29 is 99.5 Å². The summed E-state index contributed by atoms with van der Waals surface area (Å²) in [6, 6.07) is 0. The summed E-state index contributed by atoms with van der Waals surface area (Å²) in [4.78, 5) is 0. The van der Waals surface area contributed by atoms with E-state index < -0.39 is 46.5 Å². The third-order valence-corrected chi connectivity index (χ3v) is 3.91. The van der Waals surface area contributed by atoms with Crippen LogP contribution in [0.2, 0.25) is 0 Å². The molecule has 1 atom stereocenters. The summed E-state index contributed by atoms with van der Waals surface area (Å²) in [5, 5.41) is -6.08. The van der Waals surface area contributed by atoms with Crippen LogP contribution >= 0.6 is 0 Å². The minimum absolute atomic E-state index is 0. The maximum absolute atomic E-state index is 13.2. The van der Waals surface area contributed by atoms with Crippen molar-refractivity contribution in [2.45, 2.75) is 68.5 Å². The third kappa shape index (κ3) is 8.58. The molecule has 3 nitrogen and oxygen atoms in total. The molecule has 0 fully saturated rings. The van der Waals surface area contributed by atoms with Gasteiger partial charge in [-0.25, -0.2) is 12.8 Å². The second-order valence-electron chi connectivity index (χ2n) is 4.98. The van der Waals surface area contributed by atoms with Gasteiger partial charge < -0.3 is 4.55 Å². The molecule has 0 heterocycles. The number of hydrogen-bond donors (Lipinski definition) is 0. The summed E-state index contributed by atoms with van der Waals surface area (Å²) in [5.74, 6) is -5.68. The van der Waals surface area contributed by atoms with Gasteiger partial charge in [0, 0.05) is 6.42 Å². The van der Waals surface area contributed by atoms with Gasteiger partial charge >= 0.3 is 68.7 Å². The van der Waals surface area contributed by atoms with Crippen molar-refractivity contribution in [1.82, 2.24) is 0 Å². The molecule has 0 aliphatic rings. The standard InChI is InChI=1S/C11H16F8O3S.K/c12-8(10(16,17)11(18,19)23(20,21)22)6-4-2-1-3-5-7-9(13,14)15;/h8H,1-7H2,(H,20,21,22);/q;+1/p-1. The molecular weight excluding hydrogens is 403 g/mol. The van der Waals surface area contributed by atoms with Crippen molar-refractivity contribution >= 4 is 10.1 Å². The summed E-state index contributed by atoms with van der Waals surface area (Å²) < 4.78 is 130. The fourth-order valence-electron chi connectivity index (χ4n) is 1.71. The summed E-state index contributed by atoms with van der Waals surface area (Å²) in [6.45, 7) is 0. The molecular formula is C11H15F8KO3S. The molecule has 0 saturated carbocycles. The average Bonchev–Trinajstić information content (AvgIpc) is 2.34. The van der Waals surface area contributed by atoms with Crippen LogP contribution in [0.4, 0.5) is 35.1 Å². The summed E-state index contributed by atoms with van der Waals surface area (Å²) in [5.41, 5.74) is 0. The SMILES string of the molecule is O=S(=O)([O-])C(F)(F)C(F)(F)C(F)CCCCCCCC(F)(F)F.[K+]. The zero-order chi connectivity index (χ0) is 18.5. The fraction of sp³-hybridized carbons (Fsp3) is 1.00. The van der Waals surface area contributed by atoms with Crippen molar-refractivity contribution in [2.24, 2.45) is 0 Å². The van der Waals surface area contributed by atoms with E-state index in [0.29, 0.717) is 0 Å². The third-order valence-electron chi connectivity index (χ3n) is 3.01. The molecule has 0 saturated heterocycles. The van der Waals surface area contributed by atoms with Crippen LogP contribution in [0, 0.1) is 0 Å². The Labute approximate surface area is 176 Å². The molecule has 0 aliphatic carbocycles. The van der Waals surface area contributed by atoms with Crippen LogP contribution < -0.4 is 51.4 Å². The number of unbranched alkanes of at least 4 members (excludes halogenated alkanes) is 4. The van der Waals surface area contributed by atoms with Crippen LogP contribution in [0.5, 0.6) is 0 Å². The monoisotopic (exact) mass is 418 g/mol. The first-order chi connectivity index (χ1) is 10.1. The Morgan fingerprint density at radius 3 is 1.67 bits per heavy atom. The molecule has 0 N–H and O–H groups in total. The summed E-state index contributed by atoms with van der Waals surface area (Å²) >= 11 is 0. The molecule has 0 aromatic heterocycles. The zero-order valence-corrected chi connectivity index (χ0v) is 16.6. The van der Waals surface area contributed by atoms with E-state index in [1.165, 1.54) is 0 Å². The van der Waals surface area contributed by atoms with Gasteiger partial charge in [-0.05, 0) is 12.8 Å². The normalized spacial score (nSPS) is 15.0. The van der Waals surface area contributed by atoms with Crippen molar-refractivity contribution in [3.8, 4) is 0 Å². The van der Waals surface area contributed by atoms with E-state index in [-0.39, 0.29) is 83.5 Å². The smallest absolute Gasteiger partial charge is 0.743 e. The van der Waals surface area contributed by atoms with Crippen LogP contribution in [-0.2, 0) is 10.1 Å². The van der Waals surface area contributed by atoms with Gasteiger partial charge in [0.05, 0.1) is 0 Å². The van der Waals surface area contributed by atoms with Crippen molar-refractivity contribution in [3.05, 3.63) is 0 Å². The molecule has 0 spiro atoms. The van der Waals surface area contributed by atoms with E-state index in [9.17, 15) is 48.1 Å². The number of rotatable bonds is 10. The largest absolute Gasteiger partial charge is 1.00 e. The van der Waals surface area contributed by atoms with Gasteiger partial charge in [0.25, 0.3) is 0 Å². The summed E-state index contributed by atoms with van der Waals surface area (Å²) in [7, 11) is -6.74. The minimum Gasteiger partial charge on any atom is -0.743 e. The molecule has 0 aromatic carbocycles. The van der Waals surface area contributed by atoms with Gasteiger partial charge in [-0.3, -0.25) is 0 Å². The molecule has 0 aromatic rings. The fourth-order valence-corrected chi connectivity index (χ4v) is 2.17. The molecule has 0 amide bonds. The van der Waals surface area contributed by atoms with E-state index in [1.807, 2.05) is 0 Å². The van der Waals surface area contributed by atoms with Crippen molar-refractivity contribution in [3.63, 3.8) is 0 Å². The first kappa shape index (κ1) is 27.2. The van der Waals surface area contributed by atoms with Gasteiger partial charge in [-0.1, -0.05) is 25.7 Å². The maximum atomic E-state index is 13.2. The Morgan fingerprint density at radius 2 is 1.25 bits per heavy atom. The molecule has 0 bridgehead atoms.